The minimum absolute atomic E-state index is 0.0856. The van der Waals surface area contributed by atoms with E-state index in [1.54, 1.807) is 6.08 Å². The van der Waals surface area contributed by atoms with E-state index in [0.29, 0.717) is 5.92 Å². The Morgan fingerprint density at radius 3 is 2.57 bits per heavy atom. The van der Waals surface area contributed by atoms with Crippen molar-refractivity contribution in [1.29, 1.82) is 0 Å². The van der Waals surface area contributed by atoms with Gasteiger partial charge in [-0.2, -0.15) is 0 Å². The molecule has 3 unspecified atom stereocenters. The van der Waals surface area contributed by atoms with Crippen LogP contribution in [0.1, 0.15) is 64.5 Å². The number of benzene rings is 4. The highest BCUT2D eigenvalue weighted by Crippen LogP contribution is 2.43. The van der Waals surface area contributed by atoms with Crippen LogP contribution in [-0.2, 0) is 12.8 Å². The molecule has 0 saturated carbocycles. The normalized spacial score (nSPS) is 20.2. The van der Waals surface area contributed by atoms with Gasteiger partial charge < -0.3 is 14.1 Å². The lowest BCUT2D eigenvalue weighted by Crippen LogP contribution is -2.36. The molecule has 0 N–H and O–H groups in total. The van der Waals surface area contributed by atoms with Gasteiger partial charge in [0.1, 0.15) is 17.6 Å². The summed E-state index contributed by atoms with van der Waals surface area (Å²) >= 11 is 0. The Kier molecular flexibility index (Phi) is 7.99. The maximum atomic E-state index is 6.98. The molecule has 5 aliphatic rings. The van der Waals surface area contributed by atoms with Crippen LogP contribution in [0.5, 0.6) is 5.75 Å². The Balaban J connectivity index is 1.04. The number of anilines is 1. The van der Waals surface area contributed by atoms with Gasteiger partial charge in [0, 0.05) is 45.1 Å². The number of terminal acetylenes is 1. The van der Waals surface area contributed by atoms with Gasteiger partial charge in [0.2, 0.25) is 0 Å². The molecule has 0 saturated heterocycles. The van der Waals surface area contributed by atoms with Gasteiger partial charge in [0.15, 0.2) is 5.42 Å². The number of nitrogens with zero attached hydrogens (tertiary/aromatic N) is 1. The van der Waals surface area contributed by atoms with Gasteiger partial charge in [-0.1, -0.05) is 103 Å². The monoisotopic (exact) mass is 699 g/mol. The molecule has 0 fully saturated rings. The van der Waals surface area contributed by atoms with Gasteiger partial charge in [-0.05, 0) is 121 Å². The quantitative estimate of drug-likeness (QED) is 0.165. The van der Waals surface area contributed by atoms with E-state index in [9.17, 15) is 0 Å². The van der Waals surface area contributed by atoms with Gasteiger partial charge >= 0.3 is 0 Å². The maximum Gasteiger partial charge on any atom is 0.154 e. The summed E-state index contributed by atoms with van der Waals surface area (Å²) in [6, 6.07) is 31.2. The van der Waals surface area contributed by atoms with Crippen LogP contribution in [0.15, 0.2) is 144 Å². The summed E-state index contributed by atoms with van der Waals surface area (Å²) in [6.07, 6.45) is 32.3. The van der Waals surface area contributed by atoms with Gasteiger partial charge in [0.05, 0.1) is 5.70 Å². The van der Waals surface area contributed by atoms with Crippen molar-refractivity contribution in [2.24, 2.45) is 0 Å². The first-order valence-corrected chi connectivity index (χ1v) is 19.2. The lowest BCUT2D eigenvalue weighted by molar-refractivity contribution is 0.269. The highest BCUT2D eigenvalue weighted by Gasteiger charge is 2.32. The summed E-state index contributed by atoms with van der Waals surface area (Å²) in [5.41, 5.74) is 15.9. The minimum Gasteiger partial charge on any atom is -0.485 e. The zero-order chi connectivity index (χ0) is 36.2. The minimum atomic E-state index is 0.0856. The van der Waals surface area contributed by atoms with Crippen LogP contribution in [0, 0.1) is 19.3 Å². The predicted octanol–water partition coefficient (Wildman–Crippen LogP) is 10.5. The van der Waals surface area contributed by atoms with E-state index in [1.165, 1.54) is 61.1 Å². The van der Waals surface area contributed by atoms with E-state index in [0.717, 1.165) is 60.3 Å². The second-order valence-corrected chi connectivity index (χ2v) is 15.0. The zero-order valence-corrected chi connectivity index (χ0v) is 30.5. The molecule has 3 atom stereocenters. The lowest BCUT2D eigenvalue weighted by Gasteiger charge is -2.31. The molecule has 1 aliphatic heterocycles. The number of hydrogen-bond acceptors (Lipinski definition) is 3. The van der Waals surface area contributed by atoms with Crippen molar-refractivity contribution in [3.05, 3.63) is 183 Å². The third-order valence-electron chi connectivity index (χ3n) is 11.8. The number of allylic oxidation sites excluding steroid dienone is 6. The Labute approximate surface area is 317 Å². The molecule has 1 aromatic heterocycles. The van der Waals surface area contributed by atoms with Crippen molar-refractivity contribution in [2.75, 3.05) is 4.90 Å². The van der Waals surface area contributed by atoms with Crippen LogP contribution in [0.4, 0.5) is 5.69 Å². The standard InChI is InChI=1S/C51H41NO2/c1-3-4-10-34-17-18-38(31-33(34)2)35-19-25-40(26-20-35)52(47-15-9-14-44-45-29-23-37-11-5-6-12-42(37)50(45)54-51(44)47)41-27-21-36(22-28-41)39-24-30-49-46(32-39)43-13-7-8-16-48(43)53-49/h1,4-8,10-14,16-19,21-22,24-28,30-32,35,43,48H,9,15,20,23,29H2,2H3/b10-4-. The second kappa shape index (κ2) is 13.3. The van der Waals surface area contributed by atoms with Crippen LogP contribution in [0.3, 0.4) is 0 Å². The van der Waals surface area contributed by atoms with Gasteiger partial charge in [-0.25, -0.2) is 0 Å². The summed E-state index contributed by atoms with van der Waals surface area (Å²) in [5.74, 6) is 5.20. The van der Waals surface area contributed by atoms with Crippen LogP contribution in [-0.4, -0.2) is 6.10 Å². The fourth-order valence-corrected chi connectivity index (χ4v) is 9.04. The second-order valence-electron chi connectivity index (χ2n) is 15.0. The molecule has 262 valence electrons. The van der Waals surface area contributed by atoms with Crippen molar-refractivity contribution in [2.45, 2.75) is 57.0 Å². The van der Waals surface area contributed by atoms with Crippen LogP contribution >= 0.6 is 0 Å². The average molecular weight is 700 g/mol. The van der Waals surface area contributed by atoms with E-state index in [2.05, 4.69) is 151 Å². The van der Waals surface area contributed by atoms with E-state index < -0.39 is 0 Å². The summed E-state index contributed by atoms with van der Waals surface area (Å²) < 4.78 is 13.2. The van der Waals surface area contributed by atoms with E-state index in [-0.39, 0.29) is 12.0 Å². The lowest BCUT2D eigenvalue weighted by atomic mass is 9.88. The first-order chi connectivity index (χ1) is 26.6. The SMILES string of the molecule is C#C/C=C\c1ccc(C2C=CC(N(C3=c4oc5c(c4=CCC3)CCc3ccccc3-5)c3ccc(-c4ccc5c(c4)C4C=CC=CC4O5)cc3)=CC2)cc1C. The van der Waals surface area contributed by atoms with E-state index in [1.807, 2.05) is 6.08 Å². The van der Waals surface area contributed by atoms with E-state index in [4.69, 9.17) is 15.6 Å². The molecule has 4 aromatic carbocycles. The number of ether oxygens (including phenoxy) is 1. The smallest absolute Gasteiger partial charge is 0.154 e. The molecule has 4 aliphatic carbocycles. The van der Waals surface area contributed by atoms with Crippen molar-refractivity contribution in [1.82, 2.24) is 0 Å². The molecular weight excluding hydrogens is 659 g/mol. The molecule has 0 bridgehead atoms. The zero-order valence-electron chi connectivity index (χ0n) is 30.5. The average Bonchev–Trinajstić information content (AvgIpc) is 3.80. The number of fused-ring (bicyclic) bond motifs is 8. The number of furan rings is 1. The molecule has 10 rings (SSSR count). The Hall–Kier alpha value is -6.24. The third-order valence-corrected chi connectivity index (χ3v) is 11.8. The van der Waals surface area contributed by atoms with E-state index >= 15 is 0 Å². The van der Waals surface area contributed by atoms with Crippen molar-refractivity contribution < 1.29 is 9.15 Å². The molecule has 54 heavy (non-hydrogen) atoms. The van der Waals surface area contributed by atoms with Crippen molar-refractivity contribution >= 4 is 23.5 Å². The Morgan fingerprint density at radius 1 is 0.852 bits per heavy atom. The number of aryl methyl sites for hydroxylation is 2. The fourth-order valence-electron chi connectivity index (χ4n) is 9.04. The summed E-state index contributed by atoms with van der Waals surface area (Å²) in [4.78, 5) is 2.46. The molecule has 0 radical (unpaired) electrons. The van der Waals surface area contributed by atoms with Crippen LogP contribution < -0.4 is 20.3 Å². The Morgan fingerprint density at radius 2 is 1.72 bits per heavy atom. The van der Waals surface area contributed by atoms with Gasteiger partial charge in [-0.15, -0.1) is 6.42 Å². The largest absolute Gasteiger partial charge is 0.485 e. The number of rotatable bonds is 6. The summed E-state index contributed by atoms with van der Waals surface area (Å²) in [7, 11) is 0. The topological polar surface area (TPSA) is 25.6 Å². The van der Waals surface area contributed by atoms with Crippen molar-refractivity contribution in [3.8, 4) is 40.5 Å². The molecule has 0 spiro atoms. The molecular formula is C51H41NO2. The molecule has 0 amide bonds. The summed E-state index contributed by atoms with van der Waals surface area (Å²) in [5, 5.41) is 1.28. The fraction of sp³-hybridized carbons (Fsp3) is 0.176. The van der Waals surface area contributed by atoms with Gasteiger partial charge in [0.25, 0.3) is 0 Å². The molecule has 3 nitrogen and oxygen atoms in total. The third kappa shape index (κ3) is 5.53. The highest BCUT2D eigenvalue weighted by molar-refractivity contribution is 5.79. The summed E-state index contributed by atoms with van der Waals surface area (Å²) in [6.45, 7) is 2.16. The van der Waals surface area contributed by atoms with Gasteiger partial charge in [-0.3, -0.25) is 0 Å². The molecule has 5 aromatic rings. The highest BCUT2D eigenvalue weighted by atomic mass is 16.5. The van der Waals surface area contributed by atoms with Crippen molar-refractivity contribution in [3.63, 3.8) is 0 Å². The first-order valence-electron chi connectivity index (χ1n) is 19.2. The number of hydrogen-bond donors (Lipinski definition) is 0. The Bertz CT molecular complexity index is 2650. The predicted molar refractivity (Wildman–Crippen MR) is 221 cm³/mol. The van der Waals surface area contributed by atoms with Crippen LogP contribution in [0.2, 0.25) is 0 Å². The first kappa shape index (κ1) is 32.4. The molecule has 3 heteroatoms. The maximum absolute atomic E-state index is 6.98. The van der Waals surface area contributed by atoms with Crippen LogP contribution in [0.25, 0.3) is 40.3 Å². The molecule has 2 heterocycles.